The SMILES string of the molecule is Cc1cc2cc([C@@H](CC(=O)O)c3ccc(C)c(CN4C[C@@H]5CCCN5c5ncccc5S4(=O)=O)c3)n(C)c2nn1.S. The number of hydrogen-bond donors (Lipinski definition) is 1. The molecule has 12 heteroatoms. The third kappa shape index (κ3) is 5.20. The first-order chi connectivity index (χ1) is 19.1. The van der Waals surface area contributed by atoms with Crippen LogP contribution in [0.2, 0.25) is 0 Å². The van der Waals surface area contributed by atoms with Gasteiger partial charge in [-0.15, -0.1) is 5.10 Å². The summed E-state index contributed by atoms with van der Waals surface area (Å²) in [4.78, 5) is 18.8. The topological polar surface area (TPSA) is 122 Å². The maximum Gasteiger partial charge on any atom is 0.304 e. The van der Waals surface area contributed by atoms with E-state index in [9.17, 15) is 18.3 Å². The molecule has 2 aliphatic heterocycles. The number of hydrogen-bond acceptors (Lipinski definition) is 7. The van der Waals surface area contributed by atoms with Crippen LogP contribution in [0.4, 0.5) is 5.82 Å². The molecule has 4 aromatic rings. The van der Waals surface area contributed by atoms with Crippen LogP contribution in [-0.2, 0) is 28.4 Å². The highest BCUT2D eigenvalue weighted by Crippen LogP contribution is 2.37. The summed E-state index contributed by atoms with van der Waals surface area (Å²) in [6, 6.07) is 13.1. The largest absolute Gasteiger partial charge is 0.481 e. The predicted octanol–water partition coefficient (Wildman–Crippen LogP) is 3.87. The highest BCUT2D eigenvalue weighted by Gasteiger charge is 2.40. The highest BCUT2D eigenvalue weighted by molar-refractivity contribution is 7.89. The lowest BCUT2D eigenvalue weighted by atomic mass is 9.89. The normalized spacial score (nSPS) is 18.8. The molecule has 1 saturated heterocycles. The number of aliphatic carboxylic acids is 1. The van der Waals surface area contributed by atoms with Crippen molar-refractivity contribution in [1.82, 2.24) is 24.1 Å². The van der Waals surface area contributed by atoms with E-state index in [2.05, 4.69) is 20.1 Å². The maximum atomic E-state index is 13.9. The molecule has 1 fully saturated rings. The zero-order valence-electron chi connectivity index (χ0n) is 23.3. The van der Waals surface area contributed by atoms with Gasteiger partial charge in [-0.3, -0.25) is 4.79 Å². The lowest BCUT2D eigenvalue weighted by Crippen LogP contribution is -2.39. The number of pyridine rings is 1. The zero-order chi connectivity index (χ0) is 28.2. The zero-order valence-corrected chi connectivity index (χ0v) is 25.1. The molecule has 216 valence electrons. The first kappa shape index (κ1) is 29.0. The van der Waals surface area contributed by atoms with E-state index in [0.717, 1.165) is 52.9 Å². The van der Waals surface area contributed by atoms with Crippen molar-refractivity contribution in [2.75, 3.05) is 18.0 Å². The summed E-state index contributed by atoms with van der Waals surface area (Å²) in [5.41, 5.74) is 4.90. The van der Waals surface area contributed by atoms with Gasteiger partial charge in [-0.1, -0.05) is 18.2 Å². The lowest BCUT2D eigenvalue weighted by molar-refractivity contribution is -0.137. The minimum absolute atomic E-state index is 0. The molecule has 2 aliphatic rings. The standard InChI is InChI=1S/C29H32N6O4S.H2S/c1-18-8-9-20(24(15-27(36)37)25-14-21-12-19(2)31-32-28(21)33(25)3)13-22(18)16-34-17-23-6-5-11-35(23)29-26(40(34,38)39)7-4-10-30-29;/h4,7-10,12-14,23-24H,5-6,11,15-17H2,1-3H3,(H,36,37);1H2/t23-,24-;/m0./s1. The first-order valence-corrected chi connectivity index (χ1v) is 14.9. The third-order valence-electron chi connectivity index (χ3n) is 8.22. The summed E-state index contributed by atoms with van der Waals surface area (Å²) in [6.07, 6.45) is 3.44. The van der Waals surface area contributed by atoms with Crippen LogP contribution in [0, 0.1) is 13.8 Å². The van der Waals surface area contributed by atoms with Crippen molar-refractivity contribution in [3.05, 3.63) is 76.7 Å². The summed E-state index contributed by atoms with van der Waals surface area (Å²) >= 11 is 0. The predicted molar refractivity (Wildman–Crippen MR) is 161 cm³/mol. The van der Waals surface area contributed by atoms with Gasteiger partial charge in [0.2, 0.25) is 10.0 Å². The molecule has 2 atom stereocenters. The maximum absolute atomic E-state index is 13.9. The Morgan fingerprint density at radius 1 is 1.15 bits per heavy atom. The van der Waals surface area contributed by atoms with Crippen LogP contribution in [0.15, 0.2) is 53.6 Å². The molecule has 1 aromatic carbocycles. The van der Waals surface area contributed by atoms with E-state index in [-0.39, 0.29) is 37.4 Å². The Hall–Kier alpha value is -3.48. The second-order valence-electron chi connectivity index (χ2n) is 10.8. The summed E-state index contributed by atoms with van der Waals surface area (Å²) in [7, 11) is -1.92. The molecule has 0 spiro atoms. The van der Waals surface area contributed by atoms with Crippen LogP contribution in [0.3, 0.4) is 0 Å². The van der Waals surface area contributed by atoms with E-state index in [4.69, 9.17) is 0 Å². The number of fused-ring (bicyclic) bond motifs is 4. The summed E-state index contributed by atoms with van der Waals surface area (Å²) in [5, 5.41) is 19.2. The van der Waals surface area contributed by atoms with Gasteiger partial charge in [0.15, 0.2) is 5.65 Å². The fraction of sp³-hybridized carbons (Fsp3) is 0.379. The van der Waals surface area contributed by atoms with Crippen molar-refractivity contribution in [3.8, 4) is 0 Å². The van der Waals surface area contributed by atoms with Gasteiger partial charge in [0.1, 0.15) is 10.7 Å². The molecular weight excluding hydrogens is 560 g/mol. The number of anilines is 1. The van der Waals surface area contributed by atoms with Gasteiger partial charge in [0.05, 0.1) is 12.1 Å². The Morgan fingerprint density at radius 2 is 1.95 bits per heavy atom. The quantitative estimate of drug-likeness (QED) is 0.357. The molecule has 0 aliphatic carbocycles. The van der Waals surface area contributed by atoms with E-state index in [0.29, 0.717) is 18.0 Å². The summed E-state index contributed by atoms with van der Waals surface area (Å²) in [6.45, 7) is 5.19. The number of nitrogens with zero attached hydrogens (tertiary/aromatic N) is 6. The average Bonchev–Trinajstić information content (AvgIpc) is 3.49. The van der Waals surface area contributed by atoms with Crippen LogP contribution in [0.1, 0.15) is 53.3 Å². The Labute approximate surface area is 246 Å². The van der Waals surface area contributed by atoms with Crippen molar-refractivity contribution >= 4 is 46.3 Å². The van der Waals surface area contributed by atoms with Crippen molar-refractivity contribution in [2.24, 2.45) is 7.05 Å². The van der Waals surface area contributed by atoms with Crippen molar-refractivity contribution in [1.29, 1.82) is 0 Å². The van der Waals surface area contributed by atoms with Crippen LogP contribution < -0.4 is 4.90 Å². The van der Waals surface area contributed by atoms with E-state index >= 15 is 0 Å². The van der Waals surface area contributed by atoms with Crippen LogP contribution in [0.5, 0.6) is 0 Å². The smallest absolute Gasteiger partial charge is 0.304 e. The Balaban J connectivity index is 0.00000337. The minimum Gasteiger partial charge on any atom is -0.481 e. The highest BCUT2D eigenvalue weighted by atomic mass is 32.2. The molecule has 1 N–H and O–H groups in total. The van der Waals surface area contributed by atoms with E-state index in [1.54, 1.807) is 22.6 Å². The van der Waals surface area contributed by atoms with Gasteiger partial charge in [-0.25, -0.2) is 13.4 Å². The molecule has 0 saturated carbocycles. The molecule has 10 nitrogen and oxygen atoms in total. The molecular formula is C29H34N6O4S2. The van der Waals surface area contributed by atoms with E-state index in [1.807, 2.05) is 55.8 Å². The summed E-state index contributed by atoms with van der Waals surface area (Å²) in [5.74, 6) is -0.832. The minimum atomic E-state index is -3.79. The van der Waals surface area contributed by atoms with Gasteiger partial charge in [-0.05, 0) is 67.6 Å². The van der Waals surface area contributed by atoms with E-state index < -0.39 is 21.9 Å². The molecule has 0 bridgehead atoms. The molecule has 41 heavy (non-hydrogen) atoms. The molecule has 3 aromatic heterocycles. The van der Waals surface area contributed by atoms with Crippen molar-refractivity contribution < 1.29 is 18.3 Å². The molecule has 0 radical (unpaired) electrons. The van der Waals surface area contributed by atoms with E-state index in [1.165, 1.54) is 0 Å². The molecule has 0 amide bonds. The lowest BCUT2D eigenvalue weighted by Gasteiger charge is -2.26. The fourth-order valence-corrected chi connectivity index (χ4v) is 7.75. The Morgan fingerprint density at radius 3 is 2.73 bits per heavy atom. The van der Waals surface area contributed by atoms with Gasteiger partial charge in [-0.2, -0.15) is 22.9 Å². The van der Waals surface area contributed by atoms with Crippen molar-refractivity contribution in [2.45, 2.75) is 56.5 Å². The monoisotopic (exact) mass is 594 g/mol. The fourth-order valence-electron chi connectivity index (χ4n) is 6.14. The number of benzene rings is 1. The van der Waals surface area contributed by atoms with Gasteiger partial charge in [0.25, 0.3) is 0 Å². The van der Waals surface area contributed by atoms with Gasteiger partial charge in [0, 0.05) is 55.9 Å². The molecule has 6 rings (SSSR count). The number of carboxylic acids is 1. The summed E-state index contributed by atoms with van der Waals surface area (Å²) < 4.78 is 31.2. The molecule has 5 heterocycles. The average molecular weight is 595 g/mol. The number of carbonyl (C=O) groups is 1. The van der Waals surface area contributed by atoms with Gasteiger partial charge >= 0.3 is 5.97 Å². The van der Waals surface area contributed by atoms with Gasteiger partial charge < -0.3 is 14.6 Å². The number of aromatic nitrogens is 4. The number of aryl methyl sites for hydroxylation is 3. The number of carboxylic acid groups (broad SMARTS) is 1. The molecule has 0 unspecified atom stereocenters. The van der Waals surface area contributed by atoms with Crippen LogP contribution >= 0.6 is 13.5 Å². The Bertz CT molecular complexity index is 1740. The first-order valence-electron chi connectivity index (χ1n) is 13.5. The number of rotatable bonds is 6. The Kier molecular flexibility index (Phi) is 7.84. The van der Waals surface area contributed by atoms with Crippen LogP contribution in [-0.4, -0.2) is 62.7 Å². The third-order valence-corrected chi connectivity index (χ3v) is 10.1. The second-order valence-corrected chi connectivity index (χ2v) is 12.7. The second kappa shape index (κ2) is 11.1. The van der Waals surface area contributed by atoms with Crippen LogP contribution in [0.25, 0.3) is 11.0 Å². The van der Waals surface area contributed by atoms with Crippen molar-refractivity contribution in [3.63, 3.8) is 0 Å². The number of sulfonamides is 1.